The van der Waals surface area contributed by atoms with Crippen molar-refractivity contribution < 1.29 is 13.2 Å². The van der Waals surface area contributed by atoms with E-state index in [1.165, 1.54) is 6.42 Å². The van der Waals surface area contributed by atoms with Gasteiger partial charge in [0.15, 0.2) is 5.82 Å². The van der Waals surface area contributed by atoms with Gasteiger partial charge in [-0.05, 0) is 87.1 Å². The quantitative estimate of drug-likeness (QED) is 0.568. The van der Waals surface area contributed by atoms with Gasteiger partial charge in [-0.15, -0.1) is 10.2 Å². The molecule has 3 aromatic rings. The van der Waals surface area contributed by atoms with Gasteiger partial charge in [-0.2, -0.15) is 0 Å². The third-order valence-corrected chi connectivity index (χ3v) is 8.50. The Morgan fingerprint density at radius 1 is 0.943 bits per heavy atom. The average molecular weight is 494 g/mol. The summed E-state index contributed by atoms with van der Waals surface area (Å²) in [6, 6.07) is 11.6. The number of hydrogen-bond donors (Lipinski definition) is 1. The molecular weight excluding hydrogens is 462 g/mol. The van der Waals surface area contributed by atoms with Gasteiger partial charge in [0, 0.05) is 30.8 Å². The summed E-state index contributed by atoms with van der Waals surface area (Å²) in [5.41, 5.74) is 2.90. The minimum Gasteiger partial charge on any atom is -0.328 e. The molecule has 0 radical (unpaired) electrons. The van der Waals surface area contributed by atoms with E-state index >= 15 is 0 Å². The van der Waals surface area contributed by atoms with Gasteiger partial charge in [-0.1, -0.05) is 12.5 Å². The fourth-order valence-corrected chi connectivity index (χ4v) is 6.12. The molecule has 184 valence electrons. The molecule has 1 amide bonds. The van der Waals surface area contributed by atoms with Crippen LogP contribution >= 0.6 is 0 Å². The van der Waals surface area contributed by atoms with Crippen LogP contribution in [0.3, 0.4) is 0 Å². The van der Waals surface area contributed by atoms with Crippen molar-refractivity contribution in [2.45, 2.75) is 69.9 Å². The van der Waals surface area contributed by atoms with Gasteiger partial charge >= 0.3 is 0 Å². The van der Waals surface area contributed by atoms with Crippen molar-refractivity contribution in [1.29, 1.82) is 0 Å². The number of amides is 1. The highest BCUT2D eigenvalue weighted by molar-refractivity contribution is 7.92. The van der Waals surface area contributed by atoms with Crippen LogP contribution in [-0.2, 0) is 23.0 Å². The van der Waals surface area contributed by atoms with Gasteiger partial charge in [0.05, 0.1) is 10.9 Å². The number of nitrogens with one attached hydrogen (secondary N) is 1. The Morgan fingerprint density at radius 3 is 2.51 bits per heavy atom. The number of benzene rings is 2. The number of sulfonamides is 1. The van der Waals surface area contributed by atoms with Crippen LogP contribution in [0.4, 0.5) is 5.69 Å². The second kappa shape index (κ2) is 9.45. The summed E-state index contributed by atoms with van der Waals surface area (Å²) in [4.78, 5) is 15.5. The van der Waals surface area contributed by atoms with Crippen molar-refractivity contribution in [3.63, 3.8) is 0 Å². The van der Waals surface area contributed by atoms with E-state index in [1.54, 1.807) is 42.5 Å². The fourth-order valence-electron chi connectivity index (χ4n) is 4.97. The SMILES string of the molecule is Cc1ccc(S(=O)(=O)Nc2ccc(C(=O)N3CCCC3c3nnc4n3CCCCC4)cc2)cc1C. The molecule has 0 saturated carbocycles. The van der Waals surface area contributed by atoms with E-state index in [0.29, 0.717) is 17.8 Å². The number of aromatic nitrogens is 3. The van der Waals surface area contributed by atoms with Crippen molar-refractivity contribution in [2.75, 3.05) is 11.3 Å². The van der Waals surface area contributed by atoms with Gasteiger partial charge in [0.1, 0.15) is 5.82 Å². The maximum absolute atomic E-state index is 13.4. The molecule has 5 rings (SSSR count). The zero-order chi connectivity index (χ0) is 24.6. The summed E-state index contributed by atoms with van der Waals surface area (Å²) in [5.74, 6) is 1.85. The van der Waals surface area contributed by atoms with Gasteiger partial charge in [0.2, 0.25) is 0 Å². The Bertz CT molecular complexity index is 1350. The Kier molecular flexibility index (Phi) is 6.35. The predicted octanol–water partition coefficient (Wildman–Crippen LogP) is 4.40. The number of carbonyl (C=O) groups is 1. The number of likely N-dealkylation sites (tertiary alicyclic amines) is 1. The third-order valence-electron chi connectivity index (χ3n) is 7.12. The Labute approximate surface area is 206 Å². The van der Waals surface area contributed by atoms with Crippen molar-refractivity contribution >= 4 is 21.6 Å². The number of carbonyl (C=O) groups excluding carboxylic acids is 1. The normalized spacial score (nSPS) is 18.2. The topological polar surface area (TPSA) is 97.2 Å². The molecule has 1 fully saturated rings. The first-order valence-electron chi connectivity index (χ1n) is 12.3. The Balaban J connectivity index is 1.32. The number of aryl methyl sites for hydroxylation is 3. The van der Waals surface area contributed by atoms with E-state index in [-0.39, 0.29) is 16.8 Å². The van der Waals surface area contributed by atoms with Crippen LogP contribution in [0.5, 0.6) is 0 Å². The number of anilines is 1. The summed E-state index contributed by atoms with van der Waals surface area (Å²) in [6.45, 7) is 5.41. The van der Waals surface area contributed by atoms with Crippen LogP contribution in [0.1, 0.15) is 71.3 Å². The first-order valence-corrected chi connectivity index (χ1v) is 13.7. The molecule has 3 heterocycles. The molecule has 2 aromatic carbocycles. The van der Waals surface area contributed by atoms with E-state index in [2.05, 4.69) is 19.5 Å². The van der Waals surface area contributed by atoms with Crippen LogP contribution in [-0.4, -0.2) is 40.5 Å². The highest BCUT2D eigenvalue weighted by Gasteiger charge is 2.35. The van der Waals surface area contributed by atoms with Crippen molar-refractivity contribution in [1.82, 2.24) is 19.7 Å². The van der Waals surface area contributed by atoms with E-state index in [9.17, 15) is 13.2 Å². The molecule has 1 saturated heterocycles. The monoisotopic (exact) mass is 493 g/mol. The number of fused-ring (bicyclic) bond motifs is 1. The number of nitrogens with zero attached hydrogens (tertiary/aromatic N) is 4. The van der Waals surface area contributed by atoms with Crippen molar-refractivity contribution in [2.24, 2.45) is 0 Å². The minimum absolute atomic E-state index is 0.0676. The van der Waals surface area contributed by atoms with Gasteiger partial charge < -0.3 is 9.47 Å². The molecule has 8 nitrogen and oxygen atoms in total. The maximum atomic E-state index is 13.4. The lowest BCUT2D eigenvalue weighted by Gasteiger charge is -2.25. The number of rotatable bonds is 5. The summed E-state index contributed by atoms with van der Waals surface area (Å²) in [5, 5.41) is 8.90. The predicted molar refractivity (Wildman–Crippen MR) is 134 cm³/mol. The average Bonchev–Trinajstić information content (AvgIpc) is 3.41. The second-order valence-electron chi connectivity index (χ2n) is 9.52. The van der Waals surface area contributed by atoms with Gasteiger partial charge in [-0.25, -0.2) is 8.42 Å². The molecular formula is C26H31N5O3S. The highest BCUT2D eigenvalue weighted by atomic mass is 32.2. The smallest absolute Gasteiger partial charge is 0.261 e. The first-order chi connectivity index (χ1) is 16.8. The first kappa shape index (κ1) is 23.5. The standard InChI is InChI=1S/C26H31N5O3S/c1-18-9-14-22(17-19(18)2)35(33,34)29-21-12-10-20(11-13-21)26(32)30-16-6-7-23(30)25-28-27-24-8-4-3-5-15-31(24)25/h9-14,17,23,29H,3-8,15-16H2,1-2H3. The lowest BCUT2D eigenvalue weighted by atomic mass is 10.1. The van der Waals surface area contributed by atoms with E-state index in [1.807, 2.05) is 18.7 Å². The fraction of sp³-hybridized carbons (Fsp3) is 0.423. The molecule has 0 bridgehead atoms. The summed E-state index contributed by atoms with van der Waals surface area (Å²) < 4.78 is 30.4. The zero-order valence-electron chi connectivity index (χ0n) is 20.2. The second-order valence-corrected chi connectivity index (χ2v) is 11.2. The largest absolute Gasteiger partial charge is 0.328 e. The van der Waals surface area contributed by atoms with Crippen LogP contribution in [0, 0.1) is 13.8 Å². The number of hydrogen-bond acceptors (Lipinski definition) is 5. The van der Waals surface area contributed by atoms with E-state index in [0.717, 1.165) is 61.4 Å². The lowest BCUT2D eigenvalue weighted by Crippen LogP contribution is -2.32. The summed E-state index contributed by atoms with van der Waals surface area (Å²) in [7, 11) is -3.71. The van der Waals surface area contributed by atoms with Crippen molar-refractivity contribution in [3.05, 3.63) is 70.8 Å². The molecule has 1 atom stereocenters. The zero-order valence-corrected chi connectivity index (χ0v) is 21.0. The van der Waals surface area contributed by atoms with Crippen LogP contribution in [0.25, 0.3) is 0 Å². The molecule has 0 aliphatic carbocycles. The molecule has 0 spiro atoms. The Morgan fingerprint density at radius 2 is 1.74 bits per heavy atom. The maximum Gasteiger partial charge on any atom is 0.261 e. The minimum atomic E-state index is -3.71. The lowest BCUT2D eigenvalue weighted by molar-refractivity contribution is 0.0727. The van der Waals surface area contributed by atoms with E-state index < -0.39 is 10.0 Å². The molecule has 2 aliphatic rings. The van der Waals surface area contributed by atoms with Crippen LogP contribution in [0.2, 0.25) is 0 Å². The molecule has 9 heteroatoms. The van der Waals surface area contributed by atoms with Gasteiger partial charge in [-0.3, -0.25) is 9.52 Å². The molecule has 1 unspecified atom stereocenters. The van der Waals surface area contributed by atoms with Crippen LogP contribution in [0.15, 0.2) is 47.4 Å². The van der Waals surface area contributed by atoms with E-state index in [4.69, 9.17) is 0 Å². The molecule has 35 heavy (non-hydrogen) atoms. The summed E-state index contributed by atoms with van der Waals surface area (Å²) >= 11 is 0. The highest BCUT2D eigenvalue weighted by Crippen LogP contribution is 2.33. The van der Waals surface area contributed by atoms with Crippen LogP contribution < -0.4 is 4.72 Å². The third kappa shape index (κ3) is 4.69. The molecule has 2 aliphatic heterocycles. The molecule has 1 N–H and O–H groups in total. The van der Waals surface area contributed by atoms with Gasteiger partial charge in [0.25, 0.3) is 15.9 Å². The molecule has 1 aromatic heterocycles. The summed E-state index contributed by atoms with van der Waals surface area (Å²) in [6.07, 6.45) is 6.16. The Hall–Kier alpha value is -3.20. The van der Waals surface area contributed by atoms with Crippen molar-refractivity contribution in [3.8, 4) is 0 Å².